The molecule has 0 aliphatic carbocycles. The van der Waals surface area contributed by atoms with Gasteiger partial charge >= 0.3 is 5.35 Å². The van der Waals surface area contributed by atoms with Crippen LogP contribution in [0.5, 0.6) is 0 Å². The van der Waals surface area contributed by atoms with Crippen molar-refractivity contribution in [1.82, 2.24) is 10.2 Å². The zero-order chi connectivity index (χ0) is 10.7. The van der Waals surface area contributed by atoms with Crippen molar-refractivity contribution in [2.75, 3.05) is 0 Å². The third kappa shape index (κ3) is 2.36. The van der Waals surface area contributed by atoms with Gasteiger partial charge < -0.3 is 4.42 Å². The Hall–Kier alpha value is -1.35. The zero-order valence-corrected chi connectivity index (χ0v) is 9.16. The van der Waals surface area contributed by atoms with Gasteiger partial charge in [-0.3, -0.25) is 0 Å². The van der Waals surface area contributed by atoms with Crippen molar-refractivity contribution in [3.05, 3.63) is 35.2 Å². The van der Waals surface area contributed by atoms with Crippen molar-refractivity contribution in [3.8, 4) is 11.5 Å². The van der Waals surface area contributed by atoms with E-state index in [2.05, 4.69) is 29.3 Å². The maximum Gasteiger partial charge on any atom is 0.313 e. The van der Waals surface area contributed by atoms with Gasteiger partial charge in [0.05, 0.1) is 0 Å². The topological polar surface area (TPSA) is 38.9 Å². The molecular formula is C11H11ClN2O. The van der Waals surface area contributed by atoms with Gasteiger partial charge in [0, 0.05) is 5.56 Å². The van der Waals surface area contributed by atoms with Gasteiger partial charge in [0.1, 0.15) is 0 Å². The van der Waals surface area contributed by atoms with Crippen LogP contribution in [0, 0.1) is 0 Å². The Bertz CT molecular complexity index is 436. The third-order valence-electron chi connectivity index (χ3n) is 2.14. The Morgan fingerprint density at radius 2 is 1.93 bits per heavy atom. The normalized spacial score (nSPS) is 10.5. The minimum absolute atomic E-state index is 0.0719. The molecule has 1 aromatic heterocycles. The minimum Gasteiger partial charge on any atom is -0.407 e. The average molecular weight is 223 g/mol. The molecule has 0 aliphatic heterocycles. The van der Waals surface area contributed by atoms with E-state index < -0.39 is 0 Å². The Balaban J connectivity index is 2.23. The second-order valence-corrected chi connectivity index (χ2v) is 3.63. The fourth-order valence-electron chi connectivity index (χ4n) is 1.42. The van der Waals surface area contributed by atoms with E-state index in [1.165, 1.54) is 5.56 Å². The van der Waals surface area contributed by atoms with Crippen molar-refractivity contribution in [1.29, 1.82) is 0 Å². The first kappa shape index (κ1) is 10.2. The smallest absolute Gasteiger partial charge is 0.313 e. The Kier molecular flexibility index (Phi) is 3.02. The lowest BCUT2D eigenvalue weighted by atomic mass is 10.1. The van der Waals surface area contributed by atoms with Gasteiger partial charge in [-0.2, -0.15) is 0 Å². The summed E-state index contributed by atoms with van der Waals surface area (Å²) in [5, 5.41) is 7.49. The number of halogens is 1. The Morgan fingerprint density at radius 3 is 2.47 bits per heavy atom. The standard InChI is InChI=1S/C11H11ClN2O/c1-2-3-8-4-6-9(7-5-8)10-13-14-11(12)15-10/h4-7H,2-3H2,1H3. The molecule has 78 valence electrons. The molecule has 0 radical (unpaired) electrons. The van der Waals surface area contributed by atoms with Crippen molar-refractivity contribution in [3.63, 3.8) is 0 Å². The van der Waals surface area contributed by atoms with E-state index in [-0.39, 0.29) is 5.35 Å². The summed E-state index contributed by atoms with van der Waals surface area (Å²) in [7, 11) is 0. The van der Waals surface area contributed by atoms with Crippen LogP contribution in [-0.4, -0.2) is 10.2 Å². The molecule has 3 nitrogen and oxygen atoms in total. The van der Waals surface area contributed by atoms with Crippen LogP contribution in [-0.2, 0) is 6.42 Å². The molecular weight excluding hydrogens is 212 g/mol. The summed E-state index contributed by atoms with van der Waals surface area (Å²) in [6.07, 6.45) is 2.23. The van der Waals surface area contributed by atoms with Crippen LogP contribution < -0.4 is 0 Å². The van der Waals surface area contributed by atoms with E-state index in [9.17, 15) is 0 Å². The molecule has 1 heterocycles. The predicted octanol–water partition coefficient (Wildman–Crippen LogP) is 3.34. The highest BCUT2D eigenvalue weighted by Gasteiger charge is 2.05. The fourth-order valence-corrected chi connectivity index (χ4v) is 1.54. The van der Waals surface area contributed by atoms with Gasteiger partial charge in [0.2, 0.25) is 5.89 Å². The molecule has 0 saturated carbocycles. The monoisotopic (exact) mass is 222 g/mol. The van der Waals surface area contributed by atoms with E-state index in [1.807, 2.05) is 12.1 Å². The Labute approximate surface area is 93.1 Å². The van der Waals surface area contributed by atoms with Crippen LogP contribution in [0.1, 0.15) is 18.9 Å². The fraction of sp³-hybridized carbons (Fsp3) is 0.273. The summed E-state index contributed by atoms with van der Waals surface area (Å²) in [6.45, 7) is 2.16. The maximum absolute atomic E-state index is 5.55. The molecule has 1 aromatic carbocycles. The van der Waals surface area contributed by atoms with Gasteiger partial charge in [-0.15, -0.1) is 5.10 Å². The first-order valence-electron chi connectivity index (χ1n) is 4.88. The molecule has 0 unspecified atom stereocenters. The van der Waals surface area contributed by atoms with Crippen LogP contribution >= 0.6 is 11.6 Å². The zero-order valence-electron chi connectivity index (χ0n) is 8.40. The lowest BCUT2D eigenvalue weighted by molar-refractivity contribution is 0.571. The molecule has 4 heteroatoms. The number of rotatable bonds is 3. The second kappa shape index (κ2) is 4.45. The molecule has 2 aromatic rings. The number of aryl methyl sites for hydroxylation is 1. The minimum atomic E-state index is 0.0719. The van der Waals surface area contributed by atoms with Gasteiger partial charge in [-0.05, 0) is 35.7 Å². The number of benzene rings is 1. The molecule has 0 atom stereocenters. The van der Waals surface area contributed by atoms with Crippen molar-refractivity contribution >= 4 is 11.6 Å². The summed E-state index contributed by atoms with van der Waals surface area (Å²) >= 11 is 5.55. The van der Waals surface area contributed by atoms with Gasteiger partial charge in [0.25, 0.3) is 0 Å². The summed E-state index contributed by atoms with van der Waals surface area (Å²) in [4.78, 5) is 0. The molecule has 0 spiro atoms. The molecule has 2 rings (SSSR count). The molecule has 0 fully saturated rings. The van der Waals surface area contributed by atoms with Crippen molar-refractivity contribution < 1.29 is 4.42 Å². The van der Waals surface area contributed by atoms with Gasteiger partial charge in [-0.25, -0.2) is 0 Å². The van der Waals surface area contributed by atoms with E-state index in [4.69, 9.17) is 16.0 Å². The van der Waals surface area contributed by atoms with Crippen molar-refractivity contribution in [2.45, 2.75) is 19.8 Å². The lowest BCUT2D eigenvalue weighted by Crippen LogP contribution is -1.83. The Morgan fingerprint density at radius 1 is 1.20 bits per heavy atom. The first-order valence-corrected chi connectivity index (χ1v) is 5.25. The maximum atomic E-state index is 5.55. The van der Waals surface area contributed by atoms with Crippen molar-refractivity contribution in [2.24, 2.45) is 0 Å². The highest BCUT2D eigenvalue weighted by atomic mass is 35.5. The van der Waals surface area contributed by atoms with Gasteiger partial charge in [0.15, 0.2) is 0 Å². The van der Waals surface area contributed by atoms with E-state index in [0.29, 0.717) is 5.89 Å². The quantitative estimate of drug-likeness (QED) is 0.800. The predicted molar refractivity (Wildman–Crippen MR) is 58.7 cm³/mol. The van der Waals surface area contributed by atoms with Crippen LogP contribution in [0.3, 0.4) is 0 Å². The summed E-state index contributed by atoms with van der Waals surface area (Å²) < 4.78 is 5.11. The summed E-state index contributed by atoms with van der Waals surface area (Å²) in [5.41, 5.74) is 2.21. The number of hydrogen-bond donors (Lipinski definition) is 0. The number of aromatic nitrogens is 2. The SMILES string of the molecule is CCCc1ccc(-c2nnc(Cl)o2)cc1. The lowest BCUT2D eigenvalue weighted by Gasteiger charge is -1.98. The molecule has 15 heavy (non-hydrogen) atoms. The van der Waals surface area contributed by atoms with Crippen LogP contribution in [0.2, 0.25) is 5.35 Å². The molecule has 0 aliphatic rings. The summed E-state index contributed by atoms with van der Waals surface area (Å²) in [6, 6.07) is 8.07. The number of nitrogens with zero attached hydrogens (tertiary/aromatic N) is 2. The highest BCUT2D eigenvalue weighted by molar-refractivity contribution is 6.27. The van der Waals surface area contributed by atoms with Gasteiger partial charge in [-0.1, -0.05) is 30.6 Å². The number of hydrogen-bond acceptors (Lipinski definition) is 3. The van der Waals surface area contributed by atoms with E-state index in [0.717, 1.165) is 18.4 Å². The molecule has 0 saturated heterocycles. The molecule has 0 amide bonds. The average Bonchev–Trinajstić information content (AvgIpc) is 2.67. The van der Waals surface area contributed by atoms with E-state index >= 15 is 0 Å². The first-order chi connectivity index (χ1) is 7.29. The highest BCUT2D eigenvalue weighted by Crippen LogP contribution is 2.20. The largest absolute Gasteiger partial charge is 0.407 e. The van der Waals surface area contributed by atoms with E-state index in [1.54, 1.807) is 0 Å². The van der Waals surface area contributed by atoms with Crippen LogP contribution in [0.4, 0.5) is 0 Å². The molecule has 0 N–H and O–H groups in total. The van der Waals surface area contributed by atoms with Crippen LogP contribution in [0.25, 0.3) is 11.5 Å². The molecule has 0 bridgehead atoms. The van der Waals surface area contributed by atoms with Crippen LogP contribution in [0.15, 0.2) is 28.7 Å². The second-order valence-electron chi connectivity index (χ2n) is 3.31. The summed E-state index contributed by atoms with van der Waals surface area (Å²) in [5.74, 6) is 0.461. The third-order valence-corrected chi connectivity index (χ3v) is 2.29.